The number of nitrogens with zero attached hydrogens (tertiary/aromatic N) is 1. The second-order valence-corrected chi connectivity index (χ2v) is 5.43. The van der Waals surface area contributed by atoms with Gasteiger partial charge < -0.3 is 19.8 Å². The summed E-state index contributed by atoms with van der Waals surface area (Å²) in [5, 5.41) is 0.661. The van der Waals surface area contributed by atoms with E-state index in [1.165, 1.54) is 0 Å². The average Bonchev–Trinajstić information content (AvgIpc) is 2.89. The van der Waals surface area contributed by atoms with Crippen LogP contribution in [0.3, 0.4) is 0 Å². The highest BCUT2D eigenvalue weighted by atomic mass is 16.5. The van der Waals surface area contributed by atoms with Crippen molar-refractivity contribution in [2.75, 3.05) is 19.5 Å². The van der Waals surface area contributed by atoms with Gasteiger partial charge in [0.25, 0.3) is 0 Å². The number of anilines is 1. The number of rotatable bonds is 4. The van der Waals surface area contributed by atoms with Gasteiger partial charge in [-0.2, -0.15) is 0 Å². The van der Waals surface area contributed by atoms with E-state index in [2.05, 4.69) is 0 Å². The van der Waals surface area contributed by atoms with Crippen molar-refractivity contribution in [2.24, 2.45) is 0 Å². The van der Waals surface area contributed by atoms with Crippen LogP contribution in [0.4, 0.5) is 5.69 Å². The van der Waals surface area contributed by atoms with Gasteiger partial charge in [-0.3, -0.25) is 0 Å². The molecule has 0 unspecified atom stereocenters. The largest absolute Gasteiger partial charge is 0.495 e. The molecule has 0 aliphatic rings. The quantitative estimate of drug-likeness (QED) is 0.587. The van der Waals surface area contributed by atoms with E-state index >= 15 is 0 Å². The van der Waals surface area contributed by atoms with Crippen molar-refractivity contribution in [1.29, 1.82) is 0 Å². The van der Waals surface area contributed by atoms with Crippen LogP contribution in [0.1, 0.15) is 23.0 Å². The van der Waals surface area contributed by atoms with Gasteiger partial charge in [0.15, 0.2) is 0 Å². The number of para-hydroxylation sites is 1. The highest BCUT2D eigenvalue weighted by Gasteiger charge is 2.24. The van der Waals surface area contributed by atoms with Gasteiger partial charge in [-0.1, -0.05) is 18.2 Å². The molecule has 0 spiro atoms. The first-order valence-electron chi connectivity index (χ1n) is 7.80. The summed E-state index contributed by atoms with van der Waals surface area (Å²) in [7, 11) is 1.56. The third-order valence-corrected chi connectivity index (χ3v) is 4.09. The molecule has 0 aliphatic heterocycles. The summed E-state index contributed by atoms with van der Waals surface area (Å²) >= 11 is 0. The van der Waals surface area contributed by atoms with Crippen LogP contribution in [0.2, 0.25) is 0 Å². The third-order valence-electron chi connectivity index (χ3n) is 4.09. The Kier molecular flexibility index (Phi) is 4.16. The molecule has 0 aliphatic carbocycles. The normalized spacial score (nSPS) is 10.8. The molecular weight excluding hydrogens is 304 g/mol. The molecule has 0 amide bonds. The molecule has 1 heterocycles. The second-order valence-electron chi connectivity index (χ2n) is 5.43. The maximum Gasteiger partial charge on any atom is 0.340 e. The molecule has 0 fully saturated rings. The number of nitrogen functional groups attached to an aromatic ring is 1. The Bertz CT molecular complexity index is 898. The molecule has 0 radical (unpaired) electrons. The zero-order valence-electron chi connectivity index (χ0n) is 14.0. The standard InChI is InChI=1S/C19H20N2O3/c1-4-24-19(22)16-12(2)21(13-8-6-5-7-9-13)14-10-11-15(23-3)18(20)17(14)16/h5-11H,4,20H2,1-3H3. The van der Waals surface area contributed by atoms with Gasteiger partial charge in [-0.05, 0) is 38.1 Å². The number of benzene rings is 2. The van der Waals surface area contributed by atoms with Gasteiger partial charge in [0.1, 0.15) is 5.75 Å². The number of hydrogen-bond donors (Lipinski definition) is 1. The molecule has 5 heteroatoms. The first-order valence-corrected chi connectivity index (χ1v) is 7.80. The topological polar surface area (TPSA) is 66.5 Å². The van der Waals surface area contributed by atoms with E-state index < -0.39 is 0 Å². The predicted octanol–water partition coefficient (Wildman–Crippen LogP) is 3.71. The van der Waals surface area contributed by atoms with Crippen LogP contribution in [-0.2, 0) is 4.74 Å². The number of esters is 1. The molecule has 2 aromatic carbocycles. The molecule has 0 bridgehead atoms. The zero-order valence-corrected chi connectivity index (χ0v) is 14.0. The van der Waals surface area contributed by atoms with Crippen molar-refractivity contribution in [3.8, 4) is 11.4 Å². The molecule has 3 rings (SSSR count). The number of ether oxygens (including phenoxy) is 2. The Labute approximate surface area is 140 Å². The van der Waals surface area contributed by atoms with Crippen LogP contribution in [-0.4, -0.2) is 24.3 Å². The molecule has 2 N–H and O–H groups in total. The first kappa shape index (κ1) is 15.9. The lowest BCUT2D eigenvalue weighted by Gasteiger charge is -2.09. The van der Waals surface area contributed by atoms with Crippen LogP contribution >= 0.6 is 0 Å². The molecule has 0 saturated heterocycles. The summed E-state index contributed by atoms with van der Waals surface area (Å²) in [6, 6.07) is 13.6. The van der Waals surface area contributed by atoms with Gasteiger partial charge in [0.05, 0.1) is 30.5 Å². The summed E-state index contributed by atoms with van der Waals surface area (Å²) in [5.74, 6) is 0.160. The van der Waals surface area contributed by atoms with E-state index in [4.69, 9.17) is 15.2 Å². The van der Waals surface area contributed by atoms with Crippen LogP contribution in [0, 0.1) is 6.92 Å². The number of nitrogens with two attached hydrogens (primary N) is 1. The fourth-order valence-corrected chi connectivity index (χ4v) is 3.05. The minimum absolute atomic E-state index is 0.306. The maximum absolute atomic E-state index is 12.5. The van der Waals surface area contributed by atoms with Crippen molar-refractivity contribution < 1.29 is 14.3 Å². The van der Waals surface area contributed by atoms with Crippen LogP contribution in [0.25, 0.3) is 16.6 Å². The molecule has 1 aromatic heterocycles. The third kappa shape index (κ3) is 2.38. The summed E-state index contributed by atoms with van der Waals surface area (Å²) in [6.07, 6.45) is 0. The van der Waals surface area contributed by atoms with Gasteiger partial charge in [0.2, 0.25) is 0 Å². The predicted molar refractivity (Wildman–Crippen MR) is 94.9 cm³/mol. The minimum atomic E-state index is -0.380. The van der Waals surface area contributed by atoms with Gasteiger partial charge in [-0.15, -0.1) is 0 Å². The smallest absolute Gasteiger partial charge is 0.340 e. The summed E-state index contributed by atoms with van der Waals surface area (Å²) in [6.45, 7) is 3.99. The molecule has 5 nitrogen and oxygen atoms in total. The van der Waals surface area contributed by atoms with Gasteiger partial charge in [0, 0.05) is 16.8 Å². The van der Waals surface area contributed by atoms with Crippen molar-refractivity contribution in [3.05, 3.63) is 53.7 Å². The Hall–Kier alpha value is -2.95. The highest BCUT2D eigenvalue weighted by molar-refractivity contribution is 6.12. The summed E-state index contributed by atoms with van der Waals surface area (Å²) in [4.78, 5) is 12.5. The fraction of sp³-hybridized carbons (Fsp3) is 0.211. The van der Waals surface area contributed by atoms with E-state index in [0.29, 0.717) is 29.0 Å². The van der Waals surface area contributed by atoms with Crippen molar-refractivity contribution in [1.82, 2.24) is 4.57 Å². The molecule has 24 heavy (non-hydrogen) atoms. The van der Waals surface area contributed by atoms with Gasteiger partial charge >= 0.3 is 5.97 Å². The lowest BCUT2D eigenvalue weighted by Crippen LogP contribution is -2.07. The number of hydrogen-bond acceptors (Lipinski definition) is 4. The number of fused-ring (bicyclic) bond motifs is 1. The monoisotopic (exact) mass is 324 g/mol. The number of carbonyl (C=O) groups excluding carboxylic acids is 1. The molecule has 0 atom stereocenters. The van der Waals surface area contributed by atoms with Crippen molar-refractivity contribution in [2.45, 2.75) is 13.8 Å². The van der Waals surface area contributed by atoms with Crippen LogP contribution in [0.5, 0.6) is 5.75 Å². The number of carbonyl (C=O) groups is 1. The Balaban J connectivity index is 2.40. The Morgan fingerprint density at radius 3 is 2.50 bits per heavy atom. The minimum Gasteiger partial charge on any atom is -0.495 e. The SMILES string of the molecule is CCOC(=O)c1c(C)n(-c2ccccc2)c2ccc(OC)c(N)c12. The molecule has 0 saturated carbocycles. The van der Waals surface area contributed by atoms with E-state index in [9.17, 15) is 4.79 Å². The van der Waals surface area contributed by atoms with E-state index in [1.54, 1.807) is 14.0 Å². The average molecular weight is 324 g/mol. The van der Waals surface area contributed by atoms with E-state index in [1.807, 2.05) is 54.0 Å². The summed E-state index contributed by atoms with van der Waals surface area (Å²) in [5.41, 5.74) is 9.79. The second kappa shape index (κ2) is 6.28. The van der Waals surface area contributed by atoms with Crippen LogP contribution in [0.15, 0.2) is 42.5 Å². The van der Waals surface area contributed by atoms with Crippen molar-refractivity contribution >= 4 is 22.6 Å². The van der Waals surface area contributed by atoms with Crippen molar-refractivity contribution in [3.63, 3.8) is 0 Å². The lowest BCUT2D eigenvalue weighted by molar-refractivity contribution is 0.0527. The first-order chi connectivity index (χ1) is 11.6. The van der Waals surface area contributed by atoms with E-state index in [-0.39, 0.29) is 5.97 Å². The number of methoxy groups -OCH3 is 1. The van der Waals surface area contributed by atoms with Crippen LogP contribution < -0.4 is 10.5 Å². The lowest BCUT2D eigenvalue weighted by atomic mass is 10.1. The van der Waals surface area contributed by atoms with Gasteiger partial charge in [-0.25, -0.2) is 4.79 Å². The van der Waals surface area contributed by atoms with E-state index in [0.717, 1.165) is 16.9 Å². The molecule has 124 valence electrons. The maximum atomic E-state index is 12.5. The molecule has 3 aromatic rings. The highest BCUT2D eigenvalue weighted by Crippen LogP contribution is 2.38. The fourth-order valence-electron chi connectivity index (χ4n) is 3.05. The summed E-state index contributed by atoms with van der Waals surface area (Å²) < 4.78 is 12.6. The number of aromatic nitrogens is 1. The Morgan fingerprint density at radius 2 is 1.88 bits per heavy atom. The molecular formula is C19H20N2O3. The zero-order chi connectivity index (χ0) is 17.3. The Morgan fingerprint density at radius 1 is 1.17 bits per heavy atom.